The molecule has 0 fully saturated rings. The fourth-order valence-electron chi connectivity index (χ4n) is 2.55. The Balaban J connectivity index is 1.40. The summed E-state index contributed by atoms with van der Waals surface area (Å²) >= 11 is 1.21. The first-order valence-corrected chi connectivity index (χ1v) is 9.34. The smallest absolute Gasteiger partial charge is 0.277 e. The number of anilines is 1. The van der Waals surface area contributed by atoms with Crippen LogP contribution in [0.25, 0.3) is 22.4 Å². The number of aryl methyl sites for hydroxylation is 1. The molecule has 4 rings (SSSR count). The monoisotopic (exact) mass is 376 g/mol. The van der Waals surface area contributed by atoms with Crippen LogP contribution < -0.4 is 5.32 Å². The quantitative estimate of drug-likeness (QED) is 0.522. The van der Waals surface area contributed by atoms with Crippen LogP contribution in [0.5, 0.6) is 0 Å². The van der Waals surface area contributed by atoms with E-state index < -0.39 is 0 Å². The zero-order chi connectivity index (χ0) is 18.6. The van der Waals surface area contributed by atoms with Crippen LogP contribution in [0.2, 0.25) is 0 Å². The number of nitrogens with one attached hydrogen (secondary N) is 1. The van der Waals surface area contributed by atoms with Crippen molar-refractivity contribution < 1.29 is 9.21 Å². The summed E-state index contributed by atoms with van der Waals surface area (Å²) in [5, 5.41) is 12.3. The van der Waals surface area contributed by atoms with E-state index in [1.165, 1.54) is 11.8 Å². The SMILES string of the molecule is Cc1ccc(NC(=O)CSc2nnc(-c3ccc4ncccc4c3)o2)cc1. The van der Waals surface area contributed by atoms with Crippen LogP contribution in [0.1, 0.15) is 5.56 Å². The minimum Gasteiger partial charge on any atom is -0.411 e. The Bertz CT molecular complexity index is 1090. The van der Waals surface area contributed by atoms with Crippen molar-refractivity contribution in [3.63, 3.8) is 0 Å². The minimum atomic E-state index is -0.125. The number of nitrogens with zero attached hydrogens (tertiary/aromatic N) is 3. The van der Waals surface area contributed by atoms with Crippen LogP contribution in [0, 0.1) is 6.92 Å². The maximum absolute atomic E-state index is 12.1. The lowest BCUT2D eigenvalue weighted by Gasteiger charge is -2.04. The van der Waals surface area contributed by atoms with Crippen molar-refractivity contribution in [3.8, 4) is 11.5 Å². The third kappa shape index (κ3) is 4.15. The van der Waals surface area contributed by atoms with Gasteiger partial charge in [-0.3, -0.25) is 9.78 Å². The number of aromatic nitrogens is 3. The van der Waals surface area contributed by atoms with E-state index in [2.05, 4.69) is 20.5 Å². The van der Waals surface area contributed by atoms with Crippen molar-refractivity contribution in [2.24, 2.45) is 0 Å². The molecule has 134 valence electrons. The zero-order valence-corrected chi connectivity index (χ0v) is 15.4. The van der Waals surface area contributed by atoms with Gasteiger partial charge in [-0.15, -0.1) is 10.2 Å². The average molecular weight is 376 g/mol. The van der Waals surface area contributed by atoms with Crippen molar-refractivity contribution in [1.82, 2.24) is 15.2 Å². The van der Waals surface area contributed by atoms with Crippen molar-refractivity contribution in [2.45, 2.75) is 12.1 Å². The highest BCUT2D eigenvalue weighted by molar-refractivity contribution is 7.99. The molecule has 2 aromatic carbocycles. The highest BCUT2D eigenvalue weighted by atomic mass is 32.2. The second-order valence-electron chi connectivity index (χ2n) is 5.99. The number of carbonyl (C=O) groups is 1. The Hall–Kier alpha value is -3.19. The van der Waals surface area contributed by atoms with Crippen LogP contribution >= 0.6 is 11.8 Å². The topological polar surface area (TPSA) is 80.9 Å². The molecular weight excluding hydrogens is 360 g/mol. The van der Waals surface area contributed by atoms with Gasteiger partial charge in [0.05, 0.1) is 11.3 Å². The fraction of sp³-hybridized carbons (Fsp3) is 0.100. The number of carbonyl (C=O) groups excluding carboxylic acids is 1. The number of hydrogen-bond acceptors (Lipinski definition) is 6. The average Bonchev–Trinajstić information content (AvgIpc) is 3.17. The molecule has 0 aliphatic carbocycles. The van der Waals surface area contributed by atoms with Gasteiger partial charge in [-0.1, -0.05) is 35.5 Å². The Morgan fingerprint density at radius 3 is 2.81 bits per heavy atom. The Morgan fingerprint density at radius 2 is 1.96 bits per heavy atom. The maximum atomic E-state index is 12.1. The van der Waals surface area contributed by atoms with Gasteiger partial charge in [0.1, 0.15) is 0 Å². The maximum Gasteiger partial charge on any atom is 0.277 e. The van der Waals surface area contributed by atoms with Gasteiger partial charge >= 0.3 is 0 Å². The molecule has 0 radical (unpaired) electrons. The third-order valence-electron chi connectivity index (χ3n) is 3.92. The number of fused-ring (bicyclic) bond motifs is 1. The molecule has 2 aromatic heterocycles. The highest BCUT2D eigenvalue weighted by Crippen LogP contribution is 2.25. The lowest BCUT2D eigenvalue weighted by molar-refractivity contribution is -0.113. The van der Waals surface area contributed by atoms with Gasteiger partial charge in [-0.05, 0) is 43.3 Å². The molecular formula is C20H16N4O2S. The first kappa shape index (κ1) is 17.2. The molecule has 4 aromatic rings. The number of hydrogen-bond donors (Lipinski definition) is 1. The van der Waals surface area contributed by atoms with Gasteiger partial charge in [0.2, 0.25) is 11.8 Å². The number of amides is 1. The van der Waals surface area contributed by atoms with E-state index >= 15 is 0 Å². The predicted molar refractivity (Wildman–Crippen MR) is 106 cm³/mol. The second-order valence-corrected chi connectivity index (χ2v) is 6.91. The van der Waals surface area contributed by atoms with Crippen molar-refractivity contribution in [1.29, 1.82) is 0 Å². The molecule has 0 aliphatic rings. The van der Waals surface area contributed by atoms with Crippen molar-refractivity contribution in [2.75, 3.05) is 11.1 Å². The first-order valence-electron chi connectivity index (χ1n) is 8.35. The summed E-state index contributed by atoms with van der Waals surface area (Å²) in [4.78, 5) is 16.4. The van der Waals surface area contributed by atoms with Crippen LogP contribution in [0.3, 0.4) is 0 Å². The van der Waals surface area contributed by atoms with Crippen LogP contribution in [-0.4, -0.2) is 26.8 Å². The van der Waals surface area contributed by atoms with Crippen LogP contribution in [0.15, 0.2) is 70.4 Å². The summed E-state index contributed by atoms with van der Waals surface area (Å²) < 4.78 is 5.68. The van der Waals surface area contributed by atoms with E-state index in [-0.39, 0.29) is 11.7 Å². The Labute approximate surface area is 160 Å². The summed E-state index contributed by atoms with van der Waals surface area (Å²) in [6.45, 7) is 2.00. The van der Waals surface area contributed by atoms with Gasteiger partial charge in [-0.2, -0.15) is 0 Å². The van der Waals surface area contributed by atoms with E-state index in [9.17, 15) is 4.79 Å². The lowest BCUT2D eigenvalue weighted by Crippen LogP contribution is -2.13. The minimum absolute atomic E-state index is 0.125. The number of pyridine rings is 1. The largest absolute Gasteiger partial charge is 0.411 e. The van der Waals surface area contributed by atoms with E-state index in [1.54, 1.807) is 6.20 Å². The molecule has 1 N–H and O–H groups in total. The van der Waals surface area contributed by atoms with E-state index in [4.69, 9.17) is 4.42 Å². The molecule has 0 saturated carbocycles. The summed E-state index contributed by atoms with van der Waals surface area (Å²) in [6, 6.07) is 17.3. The molecule has 0 unspecified atom stereocenters. The third-order valence-corrected chi connectivity index (χ3v) is 4.74. The van der Waals surface area contributed by atoms with Crippen LogP contribution in [0.4, 0.5) is 5.69 Å². The second kappa shape index (κ2) is 7.59. The van der Waals surface area contributed by atoms with Gasteiger partial charge in [0.15, 0.2) is 0 Å². The molecule has 7 heteroatoms. The van der Waals surface area contributed by atoms with Gasteiger partial charge < -0.3 is 9.73 Å². The predicted octanol–water partition coefficient (Wildman–Crippen LogP) is 4.32. The fourth-order valence-corrected chi connectivity index (χ4v) is 3.12. The molecule has 0 atom stereocenters. The molecule has 6 nitrogen and oxygen atoms in total. The molecule has 0 saturated heterocycles. The van der Waals surface area contributed by atoms with E-state index in [1.807, 2.05) is 61.5 Å². The van der Waals surface area contributed by atoms with E-state index in [0.717, 1.165) is 27.7 Å². The van der Waals surface area contributed by atoms with E-state index in [0.29, 0.717) is 11.1 Å². The summed E-state index contributed by atoms with van der Waals surface area (Å²) in [5.74, 6) is 0.486. The van der Waals surface area contributed by atoms with Gasteiger partial charge in [-0.25, -0.2) is 0 Å². The Morgan fingerprint density at radius 1 is 1.11 bits per heavy atom. The molecule has 1 amide bonds. The highest BCUT2D eigenvalue weighted by Gasteiger charge is 2.12. The standard InChI is InChI=1S/C20H16N4O2S/c1-13-4-7-16(8-5-13)22-18(25)12-27-20-24-23-19(26-20)15-6-9-17-14(11-15)3-2-10-21-17/h2-11H,12H2,1H3,(H,22,25). The number of rotatable bonds is 5. The number of thioether (sulfide) groups is 1. The molecule has 0 spiro atoms. The summed E-state index contributed by atoms with van der Waals surface area (Å²) in [5.41, 5.74) is 3.63. The number of benzene rings is 2. The molecule has 2 heterocycles. The lowest BCUT2D eigenvalue weighted by atomic mass is 10.1. The zero-order valence-electron chi connectivity index (χ0n) is 14.5. The van der Waals surface area contributed by atoms with Gasteiger partial charge in [0, 0.05) is 22.8 Å². The molecule has 27 heavy (non-hydrogen) atoms. The first-order chi connectivity index (χ1) is 13.2. The van der Waals surface area contributed by atoms with Crippen molar-refractivity contribution >= 4 is 34.3 Å². The van der Waals surface area contributed by atoms with Crippen molar-refractivity contribution in [3.05, 3.63) is 66.4 Å². The normalized spacial score (nSPS) is 10.9. The molecule has 0 bridgehead atoms. The summed E-state index contributed by atoms with van der Waals surface area (Å²) in [7, 11) is 0. The summed E-state index contributed by atoms with van der Waals surface area (Å²) in [6.07, 6.45) is 1.76. The Kier molecular flexibility index (Phi) is 4.84. The van der Waals surface area contributed by atoms with Gasteiger partial charge in [0.25, 0.3) is 5.22 Å². The van der Waals surface area contributed by atoms with Crippen LogP contribution in [-0.2, 0) is 4.79 Å². The molecule has 0 aliphatic heterocycles.